The van der Waals surface area contributed by atoms with E-state index in [0.717, 1.165) is 43.5 Å². The maximum absolute atomic E-state index is 13.5. The fourth-order valence-corrected chi connectivity index (χ4v) is 4.29. The second kappa shape index (κ2) is 9.05. The van der Waals surface area contributed by atoms with E-state index in [2.05, 4.69) is 15.6 Å². The van der Waals surface area contributed by atoms with Gasteiger partial charge in [-0.3, -0.25) is 9.59 Å². The number of rotatable bonds is 9. The molecule has 1 atom stereocenters. The summed E-state index contributed by atoms with van der Waals surface area (Å²) in [5.41, 5.74) is 0.910. The SMILES string of the molecule is COCCNC(=O)c1cn(C[C@@H]2CCCN2C(=O)C2(c3ccc(OC)cc3)CC2)nn1. The Morgan fingerprint density at radius 2 is 2.00 bits per heavy atom. The van der Waals surface area contributed by atoms with E-state index in [1.807, 2.05) is 29.2 Å². The van der Waals surface area contributed by atoms with Crippen molar-refractivity contribution in [1.29, 1.82) is 0 Å². The molecule has 1 saturated heterocycles. The monoisotopic (exact) mass is 427 g/mol. The van der Waals surface area contributed by atoms with Crippen LogP contribution >= 0.6 is 0 Å². The van der Waals surface area contributed by atoms with Gasteiger partial charge in [-0.05, 0) is 43.4 Å². The van der Waals surface area contributed by atoms with Crippen LogP contribution in [0.5, 0.6) is 5.75 Å². The van der Waals surface area contributed by atoms with Gasteiger partial charge in [0.05, 0.1) is 37.9 Å². The largest absolute Gasteiger partial charge is 0.497 e. The van der Waals surface area contributed by atoms with Crippen molar-refractivity contribution in [2.24, 2.45) is 0 Å². The van der Waals surface area contributed by atoms with Crippen LogP contribution in [0.4, 0.5) is 0 Å². The third-order valence-corrected chi connectivity index (χ3v) is 6.20. The average Bonchev–Trinajstić information content (AvgIpc) is 3.24. The van der Waals surface area contributed by atoms with Gasteiger partial charge >= 0.3 is 0 Å². The Balaban J connectivity index is 1.41. The highest BCUT2D eigenvalue weighted by Crippen LogP contribution is 2.50. The lowest BCUT2D eigenvalue weighted by molar-refractivity contribution is -0.135. The molecule has 1 saturated carbocycles. The Bertz CT molecular complexity index is 922. The standard InChI is InChI=1S/C22H29N5O4/c1-30-13-11-23-20(28)19-15-26(25-24-19)14-17-4-3-12-27(17)21(29)22(9-10-22)16-5-7-18(31-2)8-6-16/h5-8,15,17H,3-4,9-14H2,1-2H3,(H,23,28)/t17-/m0/s1. The van der Waals surface area contributed by atoms with E-state index in [9.17, 15) is 9.59 Å². The number of hydrogen-bond donors (Lipinski definition) is 1. The Morgan fingerprint density at radius 1 is 1.23 bits per heavy atom. The summed E-state index contributed by atoms with van der Waals surface area (Å²) in [6, 6.07) is 7.88. The summed E-state index contributed by atoms with van der Waals surface area (Å²) < 4.78 is 11.8. The number of amides is 2. The van der Waals surface area contributed by atoms with Crippen LogP contribution in [0, 0.1) is 0 Å². The topological polar surface area (TPSA) is 98.6 Å². The molecule has 2 aromatic rings. The van der Waals surface area contributed by atoms with Gasteiger partial charge in [0.25, 0.3) is 5.91 Å². The molecule has 4 rings (SSSR count). The van der Waals surface area contributed by atoms with Crippen LogP contribution in [0.25, 0.3) is 0 Å². The molecule has 9 heteroatoms. The lowest BCUT2D eigenvalue weighted by Crippen LogP contribution is -2.44. The van der Waals surface area contributed by atoms with Crippen molar-refractivity contribution >= 4 is 11.8 Å². The van der Waals surface area contributed by atoms with Crippen molar-refractivity contribution in [3.8, 4) is 5.75 Å². The Hall–Kier alpha value is -2.94. The summed E-state index contributed by atoms with van der Waals surface area (Å²) in [6.45, 7) is 2.14. The highest BCUT2D eigenvalue weighted by atomic mass is 16.5. The molecule has 1 aromatic heterocycles. The van der Waals surface area contributed by atoms with Gasteiger partial charge in [0.15, 0.2) is 5.69 Å². The minimum atomic E-state index is -0.413. The zero-order valence-corrected chi connectivity index (χ0v) is 18.0. The van der Waals surface area contributed by atoms with E-state index >= 15 is 0 Å². The van der Waals surface area contributed by atoms with E-state index in [1.165, 1.54) is 0 Å². The minimum absolute atomic E-state index is 0.0503. The van der Waals surface area contributed by atoms with Crippen molar-refractivity contribution < 1.29 is 19.1 Å². The maximum Gasteiger partial charge on any atom is 0.273 e. The van der Waals surface area contributed by atoms with Crippen molar-refractivity contribution in [2.45, 2.75) is 43.7 Å². The number of carbonyl (C=O) groups is 2. The predicted molar refractivity (Wildman–Crippen MR) is 113 cm³/mol. The van der Waals surface area contributed by atoms with Crippen molar-refractivity contribution in [1.82, 2.24) is 25.2 Å². The molecule has 0 unspecified atom stereocenters. The van der Waals surface area contributed by atoms with E-state index in [0.29, 0.717) is 19.7 Å². The third kappa shape index (κ3) is 4.41. The van der Waals surface area contributed by atoms with Gasteiger partial charge < -0.3 is 19.7 Å². The summed E-state index contributed by atoms with van der Waals surface area (Å²) in [5.74, 6) is 0.705. The molecule has 9 nitrogen and oxygen atoms in total. The van der Waals surface area contributed by atoms with Crippen LogP contribution in [-0.4, -0.2) is 71.7 Å². The van der Waals surface area contributed by atoms with Gasteiger partial charge in [0, 0.05) is 20.2 Å². The summed E-state index contributed by atoms with van der Waals surface area (Å²) in [6.07, 6.45) is 5.26. The number of likely N-dealkylation sites (tertiary alicyclic amines) is 1. The highest BCUT2D eigenvalue weighted by molar-refractivity contribution is 5.92. The fraction of sp³-hybridized carbons (Fsp3) is 0.545. The van der Waals surface area contributed by atoms with Crippen LogP contribution in [0.1, 0.15) is 41.7 Å². The highest BCUT2D eigenvalue weighted by Gasteiger charge is 2.54. The number of benzene rings is 1. The summed E-state index contributed by atoms with van der Waals surface area (Å²) in [5, 5.41) is 10.8. The zero-order valence-electron chi connectivity index (χ0n) is 18.0. The van der Waals surface area contributed by atoms with E-state index < -0.39 is 5.41 Å². The van der Waals surface area contributed by atoms with E-state index in [4.69, 9.17) is 9.47 Å². The molecule has 1 aliphatic carbocycles. The number of aromatic nitrogens is 3. The first-order valence-corrected chi connectivity index (χ1v) is 10.7. The molecule has 2 heterocycles. The van der Waals surface area contributed by atoms with E-state index in [1.54, 1.807) is 25.1 Å². The second-order valence-corrected chi connectivity index (χ2v) is 8.18. The maximum atomic E-state index is 13.5. The van der Waals surface area contributed by atoms with Gasteiger partial charge in [-0.1, -0.05) is 17.3 Å². The van der Waals surface area contributed by atoms with Crippen LogP contribution < -0.4 is 10.1 Å². The zero-order chi connectivity index (χ0) is 21.8. The number of nitrogens with one attached hydrogen (secondary N) is 1. The lowest BCUT2D eigenvalue weighted by Gasteiger charge is -2.29. The minimum Gasteiger partial charge on any atom is -0.497 e. The molecule has 0 bridgehead atoms. The molecule has 31 heavy (non-hydrogen) atoms. The summed E-state index contributed by atoms with van der Waals surface area (Å²) in [4.78, 5) is 27.6. The first-order chi connectivity index (χ1) is 15.1. The molecule has 166 valence electrons. The smallest absolute Gasteiger partial charge is 0.273 e. The van der Waals surface area contributed by atoms with Crippen molar-refractivity contribution in [3.63, 3.8) is 0 Å². The normalized spacial score (nSPS) is 19.3. The van der Waals surface area contributed by atoms with Crippen LogP contribution in [0.2, 0.25) is 0 Å². The first-order valence-electron chi connectivity index (χ1n) is 10.7. The van der Waals surface area contributed by atoms with Crippen molar-refractivity contribution in [2.75, 3.05) is 33.9 Å². The molecular weight excluding hydrogens is 398 g/mol. The molecule has 0 spiro atoms. The lowest BCUT2D eigenvalue weighted by atomic mass is 9.94. The van der Waals surface area contributed by atoms with Crippen LogP contribution in [-0.2, 0) is 21.5 Å². The second-order valence-electron chi connectivity index (χ2n) is 8.18. The molecule has 1 aliphatic heterocycles. The van der Waals surface area contributed by atoms with Crippen LogP contribution in [0.15, 0.2) is 30.5 Å². The Morgan fingerprint density at radius 3 is 2.68 bits per heavy atom. The quantitative estimate of drug-likeness (QED) is 0.607. The number of hydrogen-bond acceptors (Lipinski definition) is 6. The number of carbonyl (C=O) groups excluding carboxylic acids is 2. The van der Waals surface area contributed by atoms with Gasteiger partial charge in [-0.25, -0.2) is 4.68 Å². The van der Waals surface area contributed by atoms with Gasteiger partial charge in [-0.2, -0.15) is 0 Å². The molecular formula is C22H29N5O4. The van der Waals surface area contributed by atoms with Crippen LogP contribution in [0.3, 0.4) is 0 Å². The molecule has 2 fully saturated rings. The molecule has 2 aliphatic rings. The predicted octanol–water partition coefficient (Wildman–Crippen LogP) is 1.39. The van der Waals surface area contributed by atoms with Gasteiger partial charge in [-0.15, -0.1) is 5.10 Å². The summed E-state index contributed by atoms with van der Waals surface area (Å²) in [7, 11) is 3.22. The van der Waals surface area contributed by atoms with E-state index in [-0.39, 0.29) is 23.6 Å². The average molecular weight is 428 g/mol. The summed E-state index contributed by atoms with van der Waals surface area (Å²) >= 11 is 0. The number of nitrogens with zero attached hydrogens (tertiary/aromatic N) is 4. The number of methoxy groups -OCH3 is 2. The molecule has 1 aromatic carbocycles. The van der Waals surface area contributed by atoms with Crippen molar-refractivity contribution in [3.05, 3.63) is 41.7 Å². The Kier molecular flexibility index (Phi) is 6.22. The molecule has 1 N–H and O–H groups in total. The van der Waals surface area contributed by atoms with Gasteiger partial charge in [0.1, 0.15) is 5.75 Å². The van der Waals surface area contributed by atoms with Gasteiger partial charge in [0.2, 0.25) is 5.91 Å². The fourth-order valence-electron chi connectivity index (χ4n) is 4.29. The third-order valence-electron chi connectivity index (χ3n) is 6.20. The molecule has 0 radical (unpaired) electrons. The Labute approximate surface area is 181 Å². The molecule has 2 amide bonds. The number of ether oxygens (including phenoxy) is 2. The first kappa shape index (κ1) is 21.3.